The zero-order chi connectivity index (χ0) is 14.8. The van der Waals surface area contributed by atoms with Gasteiger partial charge in [-0.25, -0.2) is 9.78 Å². The molecule has 1 aliphatic heterocycles. The first-order valence-electron chi connectivity index (χ1n) is 6.38. The first-order chi connectivity index (χ1) is 9.37. The predicted molar refractivity (Wildman–Crippen MR) is 71.2 cm³/mol. The average molecular weight is 275 g/mol. The molecule has 6 heteroatoms. The number of nitriles is 1. The van der Waals surface area contributed by atoms with Crippen LogP contribution < -0.4 is 4.74 Å². The van der Waals surface area contributed by atoms with Gasteiger partial charge in [-0.05, 0) is 26.8 Å². The van der Waals surface area contributed by atoms with E-state index in [4.69, 9.17) is 14.7 Å². The van der Waals surface area contributed by atoms with Gasteiger partial charge in [-0.15, -0.1) is 0 Å². The van der Waals surface area contributed by atoms with Gasteiger partial charge in [-0.3, -0.25) is 0 Å². The molecule has 106 valence electrons. The van der Waals surface area contributed by atoms with Crippen molar-refractivity contribution >= 4 is 6.09 Å². The Morgan fingerprint density at radius 1 is 1.50 bits per heavy atom. The van der Waals surface area contributed by atoms with E-state index in [1.54, 1.807) is 17.0 Å². The second kappa shape index (κ2) is 5.37. The number of nitrogens with zero attached hydrogens (tertiary/aromatic N) is 3. The van der Waals surface area contributed by atoms with E-state index in [0.29, 0.717) is 24.5 Å². The number of carbonyl (C=O) groups is 1. The molecule has 0 N–H and O–H groups in total. The molecule has 6 nitrogen and oxygen atoms in total. The Morgan fingerprint density at radius 2 is 2.20 bits per heavy atom. The molecule has 2 heterocycles. The molecular formula is C14H17N3O3. The molecule has 1 aliphatic rings. The van der Waals surface area contributed by atoms with Gasteiger partial charge in [-0.1, -0.05) is 0 Å². The third-order valence-electron chi connectivity index (χ3n) is 2.65. The van der Waals surface area contributed by atoms with Crippen molar-refractivity contribution in [3.05, 3.63) is 23.9 Å². The third kappa shape index (κ3) is 3.60. The van der Waals surface area contributed by atoms with E-state index in [1.165, 1.54) is 6.20 Å². The van der Waals surface area contributed by atoms with E-state index in [9.17, 15) is 4.79 Å². The lowest BCUT2D eigenvalue weighted by atomic mass is 10.1. The lowest BCUT2D eigenvalue weighted by molar-refractivity contribution is -0.0232. The zero-order valence-electron chi connectivity index (χ0n) is 11.8. The number of rotatable bonds is 2. The van der Waals surface area contributed by atoms with Crippen molar-refractivity contribution in [1.29, 1.82) is 5.26 Å². The highest BCUT2D eigenvalue weighted by Crippen LogP contribution is 2.19. The second-order valence-corrected chi connectivity index (χ2v) is 5.62. The summed E-state index contributed by atoms with van der Waals surface area (Å²) in [4.78, 5) is 17.3. The largest absolute Gasteiger partial charge is 0.471 e. The maximum Gasteiger partial charge on any atom is 0.410 e. The van der Waals surface area contributed by atoms with Crippen molar-refractivity contribution in [1.82, 2.24) is 9.88 Å². The van der Waals surface area contributed by atoms with Gasteiger partial charge in [0, 0.05) is 12.3 Å². The Balaban J connectivity index is 1.82. The van der Waals surface area contributed by atoms with Crippen molar-refractivity contribution in [2.45, 2.75) is 32.5 Å². The highest BCUT2D eigenvalue weighted by molar-refractivity contribution is 5.69. The Hall–Kier alpha value is -2.29. The van der Waals surface area contributed by atoms with Gasteiger partial charge >= 0.3 is 6.09 Å². The topological polar surface area (TPSA) is 75.4 Å². The zero-order valence-corrected chi connectivity index (χ0v) is 11.8. The van der Waals surface area contributed by atoms with Crippen molar-refractivity contribution in [2.75, 3.05) is 13.1 Å². The SMILES string of the molecule is CC(C)(C)OC(=O)N1CC(Oc2cc(C#N)ccn2)C1. The van der Waals surface area contributed by atoms with Gasteiger partial charge in [0.1, 0.15) is 11.7 Å². The summed E-state index contributed by atoms with van der Waals surface area (Å²) >= 11 is 0. The molecule has 1 fully saturated rings. The number of aromatic nitrogens is 1. The molecule has 0 radical (unpaired) electrons. The van der Waals surface area contributed by atoms with Crippen LogP contribution in [0.15, 0.2) is 18.3 Å². The van der Waals surface area contributed by atoms with Gasteiger partial charge in [0.2, 0.25) is 5.88 Å². The van der Waals surface area contributed by atoms with Crippen molar-refractivity contribution in [3.8, 4) is 11.9 Å². The van der Waals surface area contributed by atoms with Gasteiger partial charge < -0.3 is 14.4 Å². The summed E-state index contributed by atoms with van der Waals surface area (Å²) in [5, 5.41) is 8.79. The van der Waals surface area contributed by atoms with Crippen molar-refractivity contribution in [2.24, 2.45) is 0 Å². The highest BCUT2D eigenvalue weighted by Gasteiger charge is 2.35. The molecule has 1 aromatic heterocycles. The van der Waals surface area contributed by atoms with Crippen LogP contribution >= 0.6 is 0 Å². The summed E-state index contributed by atoms with van der Waals surface area (Å²) in [7, 11) is 0. The lowest BCUT2D eigenvalue weighted by Crippen LogP contribution is -2.57. The number of likely N-dealkylation sites (tertiary alicyclic amines) is 1. The smallest absolute Gasteiger partial charge is 0.410 e. The number of pyridine rings is 1. The van der Waals surface area contributed by atoms with Crippen molar-refractivity contribution in [3.63, 3.8) is 0 Å². The monoisotopic (exact) mass is 275 g/mol. The molecule has 0 bridgehead atoms. The van der Waals surface area contributed by atoms with Crippen LogP contribution in [0.3, 0.4) is 0 Å². The molecule has 1 amide bonds. The van der Waals surface area contributed by atoms with Crippen LogP contribution in [0.1, 0.15) is 26.3 Å². The number of amides is 1. The Kier molecular flexibility index (Phi) is 3.79. The fourth-order valence-electron chi connectivity index (χ4n) is 1.70. The molecule has 1 aromatic rings. The maximum atomic E-state index is 11.7. The van der Waals surface area contributed by atoms with Gasteiger partial charge in [0.15, 0.2) is 0 Å². The molecule has 0 atom stereocenters. The lowest BCUT2D eigenvalue weighted by Gasteiger charge is -2.39. The summed E-state index contributed by atoms with van der Waals surface area (Å²) in [5.41, 5.74) is 0.00411. The summed E-state index contributed by atoms with van der Waals surface area (Å²) in [6.07, 6.45) is 1.08. The van der Waals surface area contributed by atoms with Crippen LogP contribution in [0, 0.1) is 11.3 Å². The van der Waals surface area contributed by atoms with E-state index >= 15 is 0 Å². The number of carbonyl (C=O) groups excluding carboxylic acids is 1. The van der Waals surface area contributed by atoms with E-state index in [-0.39, 0.29) is 12.2 Å². The van der Waals surface area contributed by atoms with Crippen LogP contribution in [0.25, 0.3) is 0 Å². The standard InChI is InChI=1S/C14H17N3O3/c1-14(2,3)20-13(18)17-8-11(9-17)19-12-6-10(7-15)4-5-16-12/h4-6,11H,8-9H2,1-3H3. The Morgan fingerprint density at radius 3 is 2.80 bits per heavy atom. The second-order valence-electron chi connectivity index (χ2n) is 5.62. The molecule has 0 saturated carbocycles. The molecule has 20 heavy (non-hydrogen) atoms. The molecule has 0 unspecified atom stereocenters. The number of ether oxygens (including phenoxy) is 2. The minimum absolute atomic E-state index is 0.107. The van der Waals surface area contributed by atoms with Gasteiger partial charge in [0.05, 0.1) is 24.7 Å². The highest BCUT2D eigenvalue weighted by atomic mass is 16.6. The molecule has 0 spiro atoms. The summed E-state index contributed by atoms with van der Waals surface area (Å²) in [6.45, 7) is 6.42. The normalized spacial score (nSPS) is 15.2. The quantitative estimate of drug-likeness (QED) is 0.824. The summed E-state index contributed by atoms with van der Waals surface area (Å²) < 4.78 is 10.8. The molecule has 1 saturated heterocycles. The first kappa shape index (κ1) is 14.1. The molecule has 0 aromatic carbocycles. The van der Waals surface area contributed by atoms with E-state index in [2.05, 4.69) is 4.98 Å². The van der Waals surface area contributed by atoms with Crippen LogP contribution in [0.4, 0.5) is 4.79 Å². The van der Waals surface area contributed by atoms with E-state index in [1.807, 2.05) is 26.8 Å². The van der Waals surface area contributed by atoms with Crippen LogP contribution in [0.5, 0.6) is 5.88 Å². The van der Waals surface area contributed by atoms with Crippen molar-refractivity contribution < 1.29 is 14.3 Å². The summed E-state index contributed by atoms with van der Waals surface area (Å²) in [5.74, 6) is 0.401. The van der Waals surface area contributed by atoms with Crippen LogP contribution in [0.2, 0.25) is 0 Å². The van der Waals surface area contributed by atoms with E-state index in [0.717, 1.165) is 0 Å². The minimum Gasteiger partial charge on any atom is -0.471 e. The van der Waals surface area contributed by atoms with E-state index < -0.39 is 5.60 Å². The summed E-state index contributed by atoms with van der Waals surface area (Å²) in [6, 6.07) is 5.22. The minimum atomic E-state index is -0.494. The Bertz CT molecular complexity index is 539. The fourth-order valence-corrected chi connectivity index (χ4v) is 1.70. The van der Waals surface area contributed by atoms with Gasteiger partial charge in [0.25, 0.3) is 0 Å². The maximum absolute atomic E-state index is 11.7. The number of hydrogen-bond acceptors (Lipinski definition) is 5. The third-order valence-corrected chi connectivity index (χ3v) is 2.65. The number of hydrogen-bond donors (Lipinski definition) is 0. The van der Waals surface area contributed by atoms with Crippen LogP contribution in [-0.4, -0.2) is 40.8 Å². The molecule has 2 rings (SSSR count). The molecule has 0 aliphatic carbocycles. The van der Waals surface area contributed by atoms with Crippen LogP contribution in [-0.2, 0) is 4.74 Å². The Labute approximate surface area is 117 Å². The average Bonchev–Trinajstić information content (AvgIpc) is 2.31. The fraction of sp³-hybridized carbons (Fsp3) is 0.500. The van der Waals surface area contributed by atoms with Gasteiger partial charge in [-0.2, -0.15) is 5.26 Å². The predicted octanol–water partition coefficient (Wildman–Crippen LogP) is 1.95. The molecular weight excluding hydrogens is 258 g/mol. The first-order valence-corrected chi connectivity index (χ1v) is 6.38.